The van der Waals surface area contributed by atoms with Crippen LogP contribution in [0.4, 0.5) is 0 Å². The number of aromatic nitrogens is 1. The fraction of sp³-hybridized carbons (Fsp3) is 0.111. The summed E-state index contributed by atoms with van der Waals surface area (Å²) in [4.78, 5) is 16.3. The van der Waals surface area contributed by atoms with Gasteiger partial charge in [0.1, 0.15) is 11.5 Å². The van der Waals surface area contributed by atoms with Crippen molar-refractivity contribution in [1.29, 1.82) is 0 Å². The summed E-state index contributed by atoms with van der Waals surface area (Å²) in [5, 5.41) is 10.1. The number of carboxylic acid groups (broad SMARTS) is 1. The molecule has 1 heterocycles. The number of carboxylic acids is 1. The molecule has 0 radical (unpaired) electrons. The summed E-state index contributed by atoms with van der Waals surface area (Å²) < 4.78 is 11.4. The van der Waals surface area contributed by atoms with Crippen LogP contribution in [0.25, 0.3) is 22.2 Å². The van der Waals surface area contributed by atoms with Crippen LogP contribution < -0.4 is 9.47 Å². The molecule has 3 aromatic rings. The summed E-state index contributed by atoms with van der Waals surface area (Å²) in [5.41, 5.74) is 1.93. The maximum Gasteiger partial charge on any atom is 0.336 e. The van der Waals surface area contributed by atoms with Gasteiger partial charge in [0.25, 0.3) is 0 Å². The lowest BCUT2D eigenvalue weighted by atomic mass is 10.0. The van der Waals surface area contributed by atoms with Gasteiger partial charge in [-0.25, -0.2) is 9.78 Å². The lowest BCUT2D eigenvalue weighted by Crippen LogP contribution is -2.01. The predicted molar refractivity (Wildman–Crippen MR) is 94.9 cm³/mol. The molecule has 0 amide bonds. The van der Waals surface area contributed by atoms with Gasteiger partial charge in [-0.3, -0.25) is 0 Å². The van der Waals surface area contributed by atoms with E-state index in [1.54, 1.807) is 50.6 Å². The normalized spacial score (nSPS) is 10.6. The van der Waals surface area contributed by atoms with E-state index >= 15 is 0 Å². The van der Waals surface area contributed by atoms with E-state index in [-0.39, 0.29) is 5.56 Å². The Bertz CT molecular complexity index is 940. The summed E-state index contributed by atoms with van der Waals surface area (Å²) >= 11 is 3.44. The average molecular weight is 388 g/mol. The van der Waals surface area contributed by atoms with Crippen LogP contribution in [0.5, 0.6) is 11.5 Å². The van der Waals surface area contributed by atoms with Crippen molar-refractivity contribution >= 4 is 32.8 Å². The van der Waals surface area contributed by atoms with Crippen LogP contribution in [-0.2, 0) is 0 Å². The number of pyridine rings is 1. The SMILES string of the molecule is COc1ccc(OC)c(-c2cc(C(=O)O)c3cccc(Br)c3n2)c1. The molecule has 1 N–H and O–H groups in total. The van der Waals surface area contributed by atoms with Gasteiger partial charge in [0, 0.05) is 15.4 Å². The van der Waals surface area contributed by atoms with Crippen molar-refractivity contribution in [1.82, 2.24) is 4.98 Å². The van der Waals surface area contributed by atoms with Gasteiger partial charge in [0.05, 0.1) is 31.0 Å². The number of hydrogen-bond acceptors (Lipinski definition) is 4. The van der Waals surface area contributed by atoms with E-state index in [9.17, 15) is 9.90 Å². The van der Waals surface area contributed by atoms with Crippen LogP contribution in [-0.4, -0.2) is 30.3 Å². The Morgan fingerprint density at radius 3 is 2.58 bits per heavy atom. The molecule has 2 aromatic carbocycles. The van der Waals surface area contributed by atoms with E-state index in [2.05, 4.69) is 20.9 Å². The highest BCUT2D eigenvalue weighted by Gasteiger charge is 2.17. The zero-order valence-corrected chi connectivity index (χ0v) is 14.6. The molecule has 0 saturated heterocycles. The van der Waals surface area contributed by atoms with Crippen molar-refractivity contribution < 1.29 is 19.4 Å². The molecule has 122 valence electrons. The molecule has 0 atom stereocenters. The Balaban J connectivity index is 2.35. The minimum absolute atomic E-state index is 0.182. The second kappa shape index (κ2) is 6.49. The number of ether oxygens (including phenoxy) is 2. The van der Waals surface area contributed by atoms with Crippen LogP contribution in [0.3, 0.4) is 0 Å². The third-order valence-corrected chi connectivity index (χ3v) is 4.34. The Labute approximate surface area is 147 Å². The van der Waals surface area contributed by atoms with E-state index < -0.39 is 5.97 Å². The molecule has 1 aromatic heterocycles. The molecular weight excluding hydrogens is 374 g/mol. The van der Waals surface area contributed by atoms with Crippen LogP contribution >= 0.6 is 15.9 Å². The maximum absolute atomic E-state index is 11.7. The minimum Gasteiger partial charge on any atom is -0.497 e. The van der Waals surface area contributed by atoms with Crippen molar-refractivity contribution in [2.75, 3.05) is 14.2 Å². The Morgan fingerprint density at radius 1 is 1.12 bits per heavy atom. The highest BCUT2D eigenvalue weighted by atomic mass is 79.9. The van der Waals surface area contributed by atoms with Crippen LogP contribution in [0.2, 0.25) is 0 Å². The molecule has 0 bridgehead atoms. The summed E-state index contributed by atoms with van der Waals surface area (Å²) in [7, 11) is 3.12. The van der Waals surface area contributed by atoms with E-state index in [1.807, 2.05) is 6.07 Å². The molecule has 0 aliphatic carbocycles. The third kappa shape index (κ3) is 2.80. The second-order valence-electron chi connectivity index (χ2n) is 5.06. The summed E-state index contributed by atoms with van der Waals surface area (Å²) in [5.74, 6) is 0.214. The molecule has 0 saturated carbocycles. The van der Waals surface area contributed by atoms with Gasteiger partial charge >= 0.3 is 5.97 Å². The van der Waals surface area contributed by atoms with Crippen molar-refractivity contribution in [3.05, 3.63) is 52.5 Å². The van der Waals surface area contributed by atoms with E-state index in [0.717, 1.165) is 4.47 Å². The minimum atomic E-state index is -1.01. The summed E-state index contributed by atoms with van der Waals surface area (Å²) in [6.07, 6.45) is 0. The lowest BCUT2D eigenvalue weighted by Gasteiger charge is -2.12. The number of rotatable bonds is 4. The van der Waals surface area contributed by atoms with Crippen LogP contribution in [0, 0.1) is 0 Å². The number of aromatic carboxylic acids is 1. The van der Waals surface area contributed by atoms with Gasteiger partial charge in [-0.05, 0) is 46.3 Å². The van der Waals surface area contributed by atoms with Crippen molar-refractivity contribution in [2.45, 2.75) is 0 Å². The number of carbonyl (C=O) groups is 1. The smallest absolute Gasteiger partial charge is 0.336 e. The van der Waals surface area contributed by atoms with Crippen LogP contribution in [0.15, 0.2) is 46.9 Å². The highest BCUT2D eigenvalue weighted by molar-refractivity contribution is 9.10. The fourth-order valence-electron chi connectivity index (χ4n) is 2.54. The molecular formula is C18H14BrNO4. The first-order chi connectivity index (χ1) is 11.5. The molecule has 0 spiro atoms. The Morgan fingerprint density at radius 2 is 1.92 bits per heavy atom. The number of para-hydroxylation sites is 1. The van der Waals surface area contributed by atoms with Gasteiger partial charge in [-0.2, -0.15) is 0 Å². The van der Waals surface area contributed by atoms with E-state index in [4.69, 9.17) is 9.47 Å². The first kappa shape index (κ1) is 16.3. The molecule has 5 nitrogen and oxygen atoms in total. The van der Waals surface area contributed by atoms with Gasteiger partial charge in [0.2, 0.25) is 0 Å². The molecule has 6 heteroatoms. The number of hydrogen-bond donors (Lipinski definition) is 1. The Kier molecular flexibility index (Phi) is 4.40. The van der Waals surface area contributed by atoms with Gasteiger partial charge < -0.3 is 14.6 Å². The number of halogens is 1. The topological polar surface area (TPSA) is 68.7 Å². The van der Waals surface area contributed by atoms with Gasteiger partial charge in [-0.15, -0.1) is 0 Å². The second-order valence-corrected chi connectivity index (χ2v) is 5.92. The van der Waals surface area contributed by atoms with Crippen molar-refractivity contribution in [3.63, 3.8) is 0 Å². The maximum atomic E-state index is 11.7. The molecule has 3 rings (SSSR count). The van der Waals surface area contributed by atoms with Gasteiger partial charge in [0.15, 0.2) is 0 Å². The predicted octanol–water partition coefficient (Wildman–Crippen LogP) is 4.38. The molecule has 0 unspecified atom stereocenters. The zero-order chi connectivity index (χ0) is 17.3. The zero-order valence-electron chi connectivity index (χ0n) is 13.0. The molecule has 0 aliphatic heterocycles. The largest absolute Gasteiger partial charge is 0.497 e. The Hall–Kier alpha value is -2.60. The molecule has 0 fully saturated rings. The van der Waals surface area contributed by atoms with E-state index in [1.165, 1.54) is 0 Å². The highest BCUT2D eigenvalue weighted by Crippen LogP contribution is 2.35. The average Bonchev–Trinajstić information content (AvgIpc) is 2.60. The standard InChI is InChI=1S/C18H14BrNO4/c1-23-10-6-7-16(24-2)13(8-10)15-9-12(18(21)22)11-4-3-5-14(19)17(11)20-15/h3-9H,1-2H3,(H,21,22). The number of methoxy groups -OCH3 is 2. The van der Waals surface area contributed by atoms with E-state index in [0.29, 0.717) is 33.7 Å². The fourth-order valence-corrected chi connectivity index (χ4v) is 3.00. The van der Waals surface area contributed by atoms with Crippen molar-refractivity contribution in [2.24, 2.45) is 0 Å². The lowest BCUT2D eigenvalue weighted by molar-refractivity contribution is 0.0699. The van der Waals surface area contributed by atoms with Gasteiger partial charge in [-0.1, -0.05) is 12.1 Å². The monoisotopic (exact) mass is 387 g/mol. The number of fused-ring (bicyclic) bond motifs is 1. The first-order valence-corrected chi connectivity index (χ1v) is 7.89. The molecule has 24 heavy (non-hydrogen) atoms. The quantitative estimate of drug-likeness (QED) is 0.719. The molecule has 0 aliphatic rings. The first-order valence-electron chi connectivity index (χ1n) is 7.10. The third-order valence-electron chi connectivity index (χ3n) is 3.70. The number of nitrogens with zero attached hydrogens (tertiary/aromatic N) is 1. The summed E-state index contributed by atoms with van der Waals surface area (Å²) in [6.45, 7) is 0. The van der Waals surface area contributed by atoms with Crippen molar-refractivity contribution in [3.8, 4) is 22.8 Å². The van der Waals surface area contributed by atoms with Crippen LogP contribution in [0.1, 0.15) is 10.4 Å². The number of benzene rings is 2. The summed E-state index contributed by atoms with van der Waals surface area (Å²) in [6, 6.07) is 12.2.